The highest BCUT2D eigenvalue weighted by Gasteiger charge is 2.11. The molecule has 21 heavy (non-hydrogen) atoms. The fraction of sp³-hybridized carbons (Fsp3) is 0.500. The summed E-state index contributed by atoms with van der Waals surface area (Å²) in [6.07, 6.45) is 2.51. The number of benzene rings is 1. The number of nitrogens with one attached hydrogen (secondary N) is 1. The highest BCUT2D eigenvalue weighted by molar-refractivity contribution is 6.35. The minimum atomic E-state index is -0.143. The van der Waals surface area contributed by atoms with Gasteiger partial charge in [-0.25, -0.2) is 0 Å². The van der Waals surface area contributed by atoms with Crippen LogP contribution in [-0.4, -0.2) is 43.6 Å². The maximum Gasteiger partial charge on any atom is 0.257 e. The van der Waals surface area contributed by atoms with Gasteiger partial charge in [-0.3, -0.25) is 4.79 Å². The van der Waals surface area contributed by atoms with E-state index in [1.54, 1.807) is 18.2 Å². The molecular formula is C14H19Cl3N2O2. The number of likely N-dealkylation sites (tertiary alicyclic amines) is 1. The minimum Gasteiger partial charge on any atom is -0.482 e. The van der Waals surface area contributed by atoms with E-state index in [1.807, 2.05) is 0 Å². The first kappa shape index (κ1) is 18.4. The van der Waals surface area contributed by atoms with Crippen LogP contribution in [0.15, 0.2) is 18.2 Å². The van der Waals surface area contributed by atoms with E-state index in [0.29, 0.717) is 22.3 Å². The first-order valence-electron chi connectivity index (χ1n) is 6.72. The van der Waals surface area contributed by atoms with Crippen molar-refractivity contribution in [2.45, 2.75) is 12.8 Å². The van der Waals surface area contributed by atoms with Gasteiger partial charge in [0.25, 0.3) is 5.91 Å². The molecule has 1 aromatic carbocycles. The quantitative estimate of drug-likeness (QED) is 0.855. The number of carbonyl (C=O) groups excluding carboxylic acids is 1. The molecule has 0 radical (unpaired) electrons. The van der Waals surface area contributed by atoms with Crippen molar-refractivity contribution in [3.8, 4) is 5.75 Å². The first-order valence-corrected chi connectivity index (χ1v) is 7.47. The first-order chi connectivity index (χ1) is 9.65. The fourth-order valence-corrected chi connectivity index (χ4v) is 2.61. The molecule has 0 atom stereocenters. The summed E-state index contributed by atoms with van der Waals surface area (Å²) in [6.45, 7) is 3.77. The van der Waals surface area contributed by atoms with E-state index in [2.05, 4.69) is 10.2 Å². The lowest BCUT2D eigenvalue weighted by atomic mass is 10.3. The molecule has 0 unspecified atom stereocenters. The molecule has 118 valence electrons. The molecule has 2 rings (SSSR count). The smallest absolute Gasteiger partial charge is 0.257 e. The standard InChI is InChI=1S/C14H18Cl2N2O2.ClH/c15-11-3-4-13(12(16)9-11)20-10-14(19)17-5-8-18-6-1-2-7-18;/h3-4,9H,1-2,5-8,10H2,(H,17,19);1H. The van der Waals surface area contributed by atoms with Crippen molar-refractivity contribution in [2.24, 2.45) is 0 Å². The molecule has 1 fully saturated rings. The molecule has 1 N–H and O–H groups in total. The third-order valence-electron chi connectivity index (χ3n) is 3.20. The van der Waals surface area contributed by atoms with Crippen LogP contribution in [0.3, 0.4) is 0 Å². The Morgan fingerprint density at radius 3 is 2.67 bits per heavy atom. The minimum absolute atomic E-state index is 0. The van der Waals surface area contributed by atoms with Crippen molar-refractivity contribution < 1.29 is 9.53 Å². The number of hydrogen-bond acceptors (Lipinski definition) is 3. The molecule has 1 amide bonds. The zero-order valence-corrected chi connectivity index (χ0v) is 13.9. The lowest BCUT2D eigenvalue weighted by molar-refractivity contribution is -0.123. The van der Waals surface area contributed by atoms with Gasteiger partial charge in [-0.15, -0.1) is 12.4 Å². The zero-order chi connectivity index (χ0) is 14.4. The zero-order valence-electron chi connectivity index (χ0n) is 11.6. The van der Waals surface area contributed by atoms with Gasteiger partial charge in [0.15, 0.2) is 6.61 Å². The van der Waals surface area contributed by atoms with Crippen molar-refractivity contribution in [2.75, 3.05) is 32.8 Å². The molecule has 4 nitrogen and oxygen atoms in total. The van der Waals surface area contributed by atoms with E-state index in [1.165, 1.54) is 12.8 Å². The molecule has 0 aromatic heterocycles. The number of ether oxygens (including phenoxy) is 1. The van der Waals surface area contributed by atoms with Gasteiger partial charge in [-0.05, 0) is 44.1 Å². The number of nitrogens with zero attached hydrogens (tertiary/aromatic N) is 1. The van der Waals surface area contributed by atoms with Crippen LogP contribution in [0, 0.1) is 0 Å². The summed E-state index contributed by atoms with van der Waals surface area (Å²) in [5, 5.41) is 3.78. The van der Waals surface area contributed by atoms with Crippen LogP contribution in [0.4, 0.5) is 0 Å². The van der Waals surface area contributed by atoms with Gasteiger partial charge in [-0.1, -0.05) is 23.2 Å². The predicted octanol–water partition coefficient (Wildman–Crippen LogP) is 3.01. The summed E-state index contributed by atoms with van der Waals surface area (Å²) < 4.78 is 5.36. The molecule has 0 bridgehead atoms. The van der Waals surface area contributed by atoms with Crippen LogP contribution in [0.1, 0.15) is 12.8 Å². The second-order valence-corrected chi connectivity index (χ2v) is 5.61. The molecule has 0 spiro atoms. The summed E-state index contributed by atoms with van der Waals surface area (Å²) in [5.74, 6) is 0.320. The average molecular weight is 354 g/mol. The van der Waals surface area contributed by atoms with E-state index in [9.17, 15) is 4.79 Å². The number of hydrogen-bond donors (Lipinski definition) is 1. The Kier molecular flexibility index (Phi) is 8.19. The molecular weight excluding hydrogens is 335 g/mol. The van der Waals surface area contributed by atoms with Crippen molar-refractivity contribution in [1.29, 1.82) is 0 Å². The van der Waals surface area contributed by atoms with E-state index in [4.69, 9.17) is 27.9 Å². The number of rotatable bonds is 6. The summed E-state index contributed by atoms with van der Waals surface area (Å²) in [4.78, 5) is 14.0. The normalized spacial score (nSPS) is 14.6. The summed E-state index contributed by atoms with van der Waals surface area (Å²) in [7, 11) is 0. The summed E-state index contributed by atoms with van der Waals surface area (Å²) in [5.41, 5.74) is 0. The largest absolute Gasteiger partial charge is 0.482 e. The molecule has 0 saturated carbocycles. The lowest BCUT2D eigenvalue weighted by Gasteiger charge is -2.15. The summed E-state index contributed by atoms with van der Waals surface area (Å²) >= 11 is 11.7. The Morgan fingerprint density at radius 2 is 2.00 bits per heavy atom. The number of amides is 1. The van der Waals surface area contributed by atoms with Crippen LogP contribution < -0.4 is 10.1 Å². The van der Waals surface area contributed by atoms with E-state index in [0.717, 1.165) is 19.6 Å². The molecule has 1 aliphatic rings. The van der Waals surface area contributed by atoms with Crippen LogP contribution in [-0.2, 0) is 4.79 Å². The summed E-state index contributed by atoms with van der Waals surface area (Å²) in [6, 6.07) is 4.92. The number of halogens is 3. The van der Waals surface area contributed by atoms with Gasteiger partial charge in [0.05, 0.1) is 5.02 Å². The molecule has 1 heterocycles. The molecule has 0 aliphatic carbocycles. The highest BCUT2D eigenvalue weighted by atomic mass is 35.5. The van der Waals surface area contributed by atoms with E-state index in [-0.39, 0.29) is 24.9 Å². The van der Waals surface area contributed by atoms with Gasteiger partial charge in [0, 0.05) is 18.1 Å². The van der Waals surface area contributed by atoms with Gasteiger partial charge < -0.3 is 15.0 Å². The van der Waals surface area contributed by atoms with E-state index >= 15 is 0 Å². The highest BCUT2D eigenvalue weighted by Crippen LogP contribution is 2.27. The SMILES string of the molecule is Cl.O=C(COc1ccc(Cl)cc1Cl)NCCN1CCCC1. The Hall–Kier alpha value is -0.680. The molecule has 1 saturated heterocycles. The number of carbonyl (C=O) groups is 1. The van der Waals surface area contributed by atoms with Crippen LogP contribution in [0.25, 0.3) is 0 Å². The van der Waals surface area contributed by atoms with Crippen molar-refractivity contribution in [3.63, 3.8) is 0 Å². The van der Waals surface area contributed by atoms with Crippen molar-refractivity contribution in [1.82, 2.24) is 10.2 Å². The monoisotopic (exact) mass is 352 g/mol. The second kappa shape index (κ2) is 9.36. The van der Waals surface area contributed by atoms with Gasteiger partial charge in [-0.2, -0.15) is 0 Å². The Bertz CT molecular complexity index is 466. The van der Waals surface area contributed by atoms with Crippen LogP contribution in [0.2, 0.25) is 10.0 Å². The Balaban J connectivity index is 0.00000220. The van der Waals surface area contributed by atoms with Crippen molar-refractivity contribution >= 4 is 41.5 Å². The van der Waals surface area contributed by atoms with E-state index < -0.39 is 0 Å². The Labute approximate surface area is 141 Å². The average Bonchev–Trinajstić information content (AvgIpc) is 2.91. The van der Waals surface area contributed by atoms with Crippen LogP contribution in [0.5, 0.6) is 5.75 Å². The topological polar surface area (TPSA) is 41.6 Å². The second-order valence-electron chi connectivity index (χ2n) is 4.76. The maximum atomic E-state index is 11.6. The van der Waals surface area contributed by atoms with Gasteiger partial charge >= 0.3 is 0 Å². The molecule has 1 aliphatic heterocycles. The predicted molar refractivity (Wildman–Crippen MR) is 87.9 cm³/mol. The Morgan fingerprint density at radius 1 is 1.29 bits per heavy atom. The van der Waals surface area contributed by atoms with Gasteiger partial charge in [0.2, 0.25) is 0 Å². The maximum absolute atomic E-state index is 11.6. The van der Waals surface area contributed by atoms with Gasteiger partial charge in [0.1, 0.15) is 5.75 Å². The van der Waals surface area contributed by atoms with Crippen LogP contribution >= 0.6 is 35.6 Å². The molecule has 1 aromatic rings. The third kappa shape index (κ3) is 6.30. The van der Waals surface area contributed by atoms with Crippen molar-refractivity contribution in [3.05, 3.63) is 28.2 Å². The fourth-order valence-electron chi connectivity index (χ4n) is 2.15. The third-order valence-corrected chi connectivity index (χ3v) is 3.73. The lowest BCUT2D eigenvalue weighted by Crippen LogP contribution is -2.35. The molecule has 7 heteroatoms.